The van der Waals surface area contributed by atoms with E-state index in [4.69, 9.17) is 0 Å². The summed E-state index contributed by atoms with van der Waals surface area (Å²) in [5.41, 5.74) is 0.586. The molecule has 114 valence electrons. The summed E-state index contributed by atoms with van der Waals surface area (Å²) in [4.78, 5) is 2.64. The fourth-order valence-corrected chi connectivity index (χ4v) is 5.04. The summed E-state index contributed by atoms with van der Waals surface area (Å²) in [7, 11) is 0. The molecular formula is C18H23F2N. The average molecular weight is 291 g/mol. The molecule has 1 saturated heterocycles. The van der Waals surface area contributed by atoms with Gasteiger partial charge in [-0.05, 0) is 74.6 Å². The molecule has 21 heavy (non-hydrogen) atoms. The van der Waals surface area contributed by atoms with Crippen molar-refractivity contribution in [1.29, 1.82) is 0 Å². The molecule has 0 N–H and O–H groups in total. The molecule has 1 heterocycles. The maximum absolute atomic E-state index is 13.9. The number of piperidine rings is 1. The Balaban J connectivity index is 1.42. The summed E-state index contributed by atoms with van der Waals surface area (Å²) < 4.78 is 27.3. The van der Waals surface area contributed by atoms with Crippen molar-refractivity contribution in [1.82, 2.24) is 4.90 Å². The third-order valence-electron chi connectivity index (χ3n) is 6.12. The van der Waals surface area contributed by atoms with Gasteiger partial charge in [0.05, 0.1) is 0 Å². The van der Waals surface area contributed by atoms with Gasteiger partial charge < -0.3 is 4.90 Å². The number of nitrogens with zero attached hydrogens (tertiary/aromatic N) is 1. The molecule has 4 rings (SSSR count). The van der Waals surface area contributed by atoms with Gasteiger partial charge in [-0.15, -0.1) is 0 Å². The molecule has 2 bridgehead atoms. The maximum Gasteiger partial charge on any atom is 0.162 e. The second-order valence-corrected chi connectivity index (χ2v) is 7.20. The normalized spacial score (nSPS) is 33.7. The maximum atomic E-state index is 13.9. The zero-order valence-electron chi connectivity index (χ0n) is 12.4. The molecule has 3 atom stereocenters. The van der Waals surface area contributed by atoms with Crippen molar-refractivity contribution in [2.45, 2.75) is 50.5 Å². The van der Waals surface area contributed by atoms with Gasteiger partial charge in [0, 0.05) is 6.04 Å². The molecule has 3 fully saturated rings. The molecule has 1 aromatic carbocycles. The van der Waals surface area contributed by atoms with Crippen LogP contribution in [0.4, 0.5) is 8.78 Å². The lowest BCUT2D eigenvalue weighted by Gasteiger charge is -2.39. The van der Waals surface area contributed by atoms with Gasteiger partial charge in [0.2, 0.25) is 0 Å². The van der Waals surface area contributed by atoms with E-state index in [0.29, 0.717) is 5.56 Å². The molecule has 2 aliphatic carbocycles. The van der Waals surface area contributed by atoms with Gasteiger partial charge in [0.25, 0.3) is 0 Å². The number of fused-ring (bicyclic) bond motifs is 2. The Labute approximate surface area is 125 Å². The second-order valence-electron chi connectivity index (χ2n) is 7.20. The van der Waals surface area contributed by atoms with Crippen molar-refractivity contribution < 1.29 is 8.78 Å². The van der Waals surface area contributed by atoms with E-state index in [2.05, 4.69) is 4.90 Å². The van der Waals surface area contributed by atoms with Crippen molar-refractivity contribution in [3.8, 4) is 0 Å². The van der Waals surface area contributed by atoms with Crippen LogP contribution in [0.5, 0.6) is 0 Å². The van der Waals surface area contributed by atoms with Crippen LogP contribution in [0.3, 0.4) is 0 Å². The summed E-state index contributed by atoms with van der Waals surface area (Å²) in [5.74, 6) is 0.741. The molecule has 1 unspecified atom stereocenters. The van der Waals surface area contributed by atoms with E-state index in [-0.39, 0.29) is 5.92 Å². The molecule has 0 radical (unpaired) electrons. The van der Waals surface area contributed by atoms with Crippen LogP contribution in [0, 0.1) is 23.5 Å². The van der Waals surface area contributed by atoms with E-state index in [1.807, 2.05) is 0 Å². The highest BCUT2D eigenvalue weighted by Gasteiger charge is 2.43. The van der Waals surface area contributed by atoms with Crippen LogP contribution < -0.4 is 0 Å². The topological polar surface area (TPSA) is 3.24 Å². The van der Waals surface area contributed by atoms with E-state index in [9.17, 15) is 8.78 Å². The predicted octanol–water partition coefficient (Wildman–Crippen LogP) is 4.33. The van der Waals surface area contributed by atoms with Gasteiger partial charge in [-0.3, -0.25) is 0 Å². The van der Waals surface area contributed by atoms with E-state index in [1.165, 1.54) is 31.7 Å². The highest BCUT2D eigenvalue weighted by molar-refractivity contribution is 5.23. The van der Waals surface area contributed by atoms with E-state index in [0.717, 1.165) is 43.8 Å². The summed E-state index contributed by atoms with van der Waals surface area (Å²) in [6.07, 6.45) is 7.59. The summed E-state index contributed by atoms with van der Waals surface area (Å²) >= 11 is 0. The molecule has 0 aromatic heterocycles. The first kappa shape index (κ1) is 13.7. The number of benzene rings is 1. The number of halogens is 2. The number of rotatable bonds is 2. The molecule has 3 aliphatic rings. The Kier molecular flexibility index (Phi) is 3.49. The van der Waals surface area contributed by atoms with Crippen molar-refractivity contribution in [2.24, 2.45) is 11.8 Å². The van der Waals surface area contributed by atoms with Gasteiger partial charge in [0.1, 0.15) is 0 Å². The van der Waals surface area contributed by atoms with E-state index >= 15 is 0 Å². The van der Waals surface area contributed by atoms with Crippen molar-refractivity contribution >= 4 is 0 Å². The first-order chi connectivity index (χ1) is 10.2. The Bertz CT molecular complexity index is 522. The molecule has 1 aromatic rings. The van der Waals surface area contributed by atoms with Crippen LogP contribution in [0.1, 0.15) is 50.0 Å². The van der Waals surface area contributed by atoms with Crippen LogP contribution in [0.25, 0.3) is 0 Å². The fraction of sp³-hybridized carbons (Fsp3) is 0.667. The molecule has 1 aliphatic heterocycles. The van der Waals surface area contributed by atoms with Crippen LogP contribution in [0.15, 0.2) is 18.2 Å². The minimum atomic E-state index is -0.706. The quantitative estimate of drug-likeness (QED) is 0.784. The third kappa shape index (κ3) is 2.40. The molecule has 0 spiro atoms. The van der Waals surface area contributed by atoms with E-state index in [1.54, 1.807) is 12.1 Å². The second kappa shape index (κ2) is 5.35. The predicted molar refractivity (Wildman–Crippen MR) is 79.1 cm³/mol. The average Bonchev–Trinajstić information content (AvgIpc) is 3.13. The lowest BCUT2D eigenvalue weighted by molar-refractivity contribution is 0.110. The van der Waals surface area contributed by atoms with Gasteiger partial charge >= 0.3 is 0 Å². The fourth-order valence-electron chi connectivity index (χ4n) is 5.04. The Morgan fingerprint density at radius 1 is 0.952 bits per heavy atom. The first-order valence-electron chi connectivity index (χ1n) is 8.40. The van der Waals surface area contributed by atoms with Gasteiger partial charge in [-0.2, -0.15) is 0 Å². The van der Waals surface area contributed by atoms with Crippen LogP contribution in [-0.2, 0) is 0 Å². The van der Waals surface area contributed by atoms with Gasteiger partial charge in [-0.25, -0.2) is 8.78 Å². The smallest absolute Gasteiger partial charge is 0.162 e. The van der Waals surface area contributed by atoms with Crippen molar-refractivity contribution in [3.05, 3.63) is 35.4 Å². The van der Waals surface area contributed by atoms with Crippen LogP contribution >= 0.6 is 0 Å². The van der Waals surface area contributed by atoms with Crippen LogP contribution in [0.2, 0.25) is 0 Å². The molecular weight excluding hydrogens is 268 g/mol. The van der Waals surface area contributed by atoms with Crippen molar-refractivity contribution in [3.63, 3.8) is 0 Å². The number of hydrogen-bond donors (Lipinski definition) is 0. The lowest BCUT2D eigenvalue weighted by Crippen LogP contribution is -2.43. The zero-order valence-corrected chi connectivity index (χ0v) is 12.4. The summed E-state index contributed by atoms with van der Waals surface area (Å²) in [6, 6.07) is 5.39. The Hall–Kier alpha value is -0.960. The summed E-state index contributed by atoms with van der Waals surface area (Å²) in [6.45, 7) is 2.10. The highest BCUT2D eigenvalue weighted by Crippen LogP contribution is 2.47. The van der Waals surface area contributed by atoms with Gasteiger partial charge in [0.15, 0.2) is 11.6 Å². The number of hydrogen-bond acceptors (Lipinski definition) is 1. The van der Waals surface area contributed by atoms with Gasteiger partial charge in [-0.1, -0.05) is 18.6 Å². The molecule has 1 nitrogen and oxygen atoms in total. The zero-order chi connectivity index (χ0) is 14.4. The highest BCUT2D eigenvalue weighted by atomic mass is 19.2. The Morgan fingerprint density at radius 3 is 2.43 bits per heavy atom. The van der Waals surface area contributed by atoms with Crippen molar-refractivity contribution in [2.75, 3.05) is 13.1 Å². The third-order valence-corrected chi connectivity index (χ3v) is 6.12. The largest absolute Gasteiger partial charge is 0.300 e. The minimum Gasteiger partial charge on any atom is -0.300 e. The molecule has 2 saturated carbocycles. The molecule has 0 amide bonds. The SMILES string of the molecule is Fc1cccc(C2CCN(C3C[C@H]4CC[C@H]3C4)CC2)c1F. The number of likely N-dealkylation sites (tertiary alicyclic amines) is 1. The summed E-state index contributed by atoms with van der Waals surface area (Å²) in [5, 5.41) is 0. The lowest BCUT2D eigenvalue weighted by atomic mass is 9.86. The minimum absolute atomic E-state index is 0.190. The molecule has 3 heteroatoms. The Morgan fingerprint density at radius 2 is 1.76 bits per heavy atom. The first-order valence-corrected chi connectivity index (χ1v) is 8.40. The monoisotopic (exact) mass is 291 g/mol. The van der Waals surface area contributed by atoms with Crippen LogP contribution in [-0.4, -0.2) is 24.0 Å². The standard InChI is InChI=1S/C18H23F2N/c19-16-3-1-2-15(18(16)20)13-6-8-21(9-7-13)17-11-12-4-5-14(17)10-12/h1-3,12-14,17H,4-11H2/t12-,14-,17?/m0/s1. The van der Waals surface area contributed by atoms with E-state index < -0.39 is 11.6 Å².